The summed E-state index contributed by atoms with van der Waals surface area (Å²) >= 11 is 0. The molecule has 0 saturated carbocycles. The van der Waals surface area contributed by atoms with E-state index in [0.717, 1.165) is 0 Å². The maximum absolute atomic E-state index is 12.0. The molecule has 0 aliphatic rings. The van der Waals surface area contributed by atoms with Crippen molar-refractivity contribution in [1.29, 1.82) is 0 Å². The van der Waals surface area contributed by atoms with Crippen LogP contribution < -0.4 is 5.09 Å². The summed E-state index contributed by atoms with van der Waals surface area (Å²) in [5.74, 6) is -1.76. The maximum Gasteiger partial charge on any atom is 0.400 e. The summed E-state index contributed by atoms with van der Waals surface area (Å²) in [6.45, 7) is -0.624. The van der Waals surface area contributed by atoms with Crippen LogP contribution in [0, 0.1) is 5.92 Å². The Morgan fingerprint density at radius 1 is 1.00 bits per heavy atom. The molecule has 18 heavy (non-hydrogen) atoms. The molecule has 0 fully saturated rings. The first-order chi connectivity index (χ1) is 7.79. The largest absolute Gasteiger partial charge is 0.400 e. The lowest BCUT2D eigenvalue weighted by atomic mass is 9.97. The van der Waals surface area contributed by atoms with Gasteiger partial charge in [0.2, 0.25) is 0 Å². The molecule has 0 saturated heterocycles. The molecule has 3 N–H and O–H groups in total. The minimum absolute atomic E-state index is 0.624. The van der Waals surface area contributed by atoms with E-state index in [1.807, 2.05) is 0 Å². The lowest BCUT2D eigenvalue weighted by Crippen LogP contribution is -2.24. The summed E-state index contributed by atoms with van der Waals surface area (Å²) in [6, 6.07) is 0. The van der Waals surface area contributed by atoms with Gasteiger partial charge in [-0.05, 0) is 12.3 Å². The van der Waals surface area contributed by atoms with E-state index in [2.05, 4.69) is 0 Å². The van der Waals surface area contributed by atoms with Crippen molar-refractivity contribution in [2.75, 3.05) is 6.54 Å². The van der Waals surface area contributed by atoms with Crippen LogP contribution in [0.25, 0.3) is 0 Å². The number of hydrogen-bond donors (Lipinski definition) is 3. The van der Waals surface area contributed by atoms with Crippen molar-refractivity contribution in [3.63, 3.8) is 0 Å². The van der Waals surface area contributed by atoms with Gasteiger partial charge in [0, 0.05) is 19.4 Å². The number of halogens is 6. The number of rotatable bonds is 6. The highest BCUT2D eigenvalue weighted by Crippen LogP contribution is 2.35. The van der Waals surface area contributed by atoms with E-state index in [1.54, 1.807) is 5.09 Å². The van der Waals surface area contributed by atoms with E-state index in [1.165, 1.54) is 0 Å². The summed E-state index contributed by atoms with van der Waals surface area (Å²) in [6.07, 6.45) is -13.4. The number of alkyl halides is 6. The van der Waals surface area contributed by atoms with Gasteiger partial charge in [-0.2, -0.15) is 26.3 Å². The summed E-state index contributed by atoms with van der Waals surface area (Å²) in [5, 5.41) is 1.56. The fraction of sp³-hybridized carbons (Fsp3) is 1.00. The molecule has 0 radical (unpaired) electrons. The average molecular weight is 303 g/mol. The molecule has 11 heteroatoms. The first-order valence-electron chi connectivity index (χ1n) is 4.73. The Kier molecular flexibility index (Phi) is 6.12. The fourth-order valence-electron chi connectivity index (χ4n) is 1.35. The van der Waals surface area contributed by atoms with Crippen molar-refractivity contribution < 1.29 is 40.7 Å². The van der Waals surface area contributed by atoms with Crippen molar-refractivity contribution in [3.05, 3.63) is 0 Å². The van der Waals surface area contributed by atoms with Gasteiger partial charge >= 0.3 is 20.1 Å². The van der Waals surface area contributed by atoms with Gasteiger partial charge in [0.25, 0.3) is 0 Å². The molecule has 0 atom stereocenters. The van der Waals surface area contributed by atoms with E-state index >= 15 is 0 Å². The van der Waals surface area contributed by atoms with Gasteiger partial charge in [0.1, 0.15) is 0 Å². The van der Waals surface area contributed by atoms with E-state index in [4.69, 9.17) is 9.79 Å². The molecule has 4 nitrogen and oxygen atoms in total. The Morgan fingerprint density at radius 3 is 1.67 bits per heavy atom. The van der Waals surface area contributed by atoms with Crippen LogP contribution in [0.3, 0.4) is 0 Å². The van der Waals surface area contributed by atoms with Gasteiger partial charge < -0.3 is 9.79 Å². The molecule has 0 bridgehead atoms. The zero-order valence-corrected chi connectivity index (χ0v) is 9.82. The summed E-state index contributed by atoms with van der Waals surface area (Å²) < 4.78 is 82.3. The molecule has 0 aliphatic carbocycles. The van der Waals surface area contributed by atoms with Gasteiger partial charge in [-0.3, -0.25) is 0 Å². The van der Waals surface area contributed by atoms with Crippen molar-refractivity contribution >= 4 is 7.75 Å². The van der Waals surface area contributed by atoms with E-state index in [9.17, 15) is 30.9 Å². The third-order valence-electron chi connectivity index (χ3n) is 1.91. The van der Waals surface area contributed by atoms with Crippen molar-refractivity contribution in [3.8, 4) is 0 Å². The molecule has 0 aromatic heterocycles. The first kappa shape index (κ1) is 17.7. The Morgan fingerprint density at radius 2 is 1.39 bits per heavy atom. The van der Waals surface area contributed by atoms with Crippen LogP contribution in [0.5, 0.6) is 0 Å². The van der Waals surface area contributed by atoms with Crippen LogP contribution in [-0.2, 0) is 4.57 Å². The molecule has 0 aliphatic heterocycles. The normalized spacial score (nSPS) is 14.3. The molecule has 0 unspecified atom stereocenters. The molecule has 0 aromatic rings. The highest BCUT2D eigenvalue weighted by molar-refractivity contribution is 7.49. The molecule has 0 rings (SSSR count). The van der Waals surface area contributed by atoms with Crippen LogP contribution in [0.2, 0.25) is 0 Å². The SMILES string of the molecule is O=P(O)(O)NCCC(CC(F)(F)F)CC(F)(F)F. The molecular formula is C7H12F6NO3P. The van der Waals surface area contributed by atoms with Crippen molar-refractivity contribution in [2.45, 2.75) is 31.6 Å². The highest BCUT2D eigenvalue weighted by Gasteiger charge is 2.38. The maximum atomic E-state index is 12.0. The second kappa shape index (κ2) is 6.23. The first-order valence-corrected chi connectivity index (χ1v) is 6.34. The Balaban J connectivity index is 4.35. The Labute approximate surface area is 98.6 Å². The van der Waals surface area contributed by atoms with Crippen LogP contribution in [-0.4, -0.2) is 28.7 Å². The topological polar surface area (TPSA) is 69.6 Å². The second-order valence-corrected chi connectivity index (χ2v) is 5.15. The zero-order chi connectivity index (χ0) is 14.6. The molecule has 110 valence electrons. The zero-order valence-electron chi connectivity index (χ0n) is 8.92. The summed E-state index contributed by atoms with van der Waals surface area (Å²) in [4.78, 5) is 16.7. The van der Waals surface area contributed by atoms with Gasteiger partial charge in [0.15, 0.2) is 0 Å². The number of nitrogens with one attached hydrogen (secondary N) is 1. The van der Waals surface area contributed by atoms with Crippen LogP contribution >= 0.6 is 7.75 Å². The Hall–Kier alpha value is -0.310. The van der Waals surface area contributed by atoms with E-state index in [-0.39, 0.29) is 0 Å². The molecule has 0 heterocycles. The lowest BCUT2D eigenvalue weighted by molar-refractivity contribution is -0.173. The minimum atomic E-state index is -4.75. The van der Waals surface area contributed by atoms with Crippen LogP contribution in [0.1, 0.15) is 19.3 Å². The predicted octanol–water partition coefficient (Wildman–Crippen LogP) is 2.58. The summed E-state index contributed by atoms with van der Waals surface area (Å²) in [7, 11) is -4.64. The van der Waals surface area contributed by atoms with Gasteiger partial charge in [-0.15, -0.1) is 0 Å². The average Bonchev–Trinajstić information content (AvgIpc) is 1.93. The van der Waals surface area contributed by atoms with E-state index < -0.39 is 51.8 Å². The van der Waals surface area contributed by atoms with Crippen molar-refractivity contribution in [2.24, 2.45) is 5.92 Å². The monoisotopic (exact) mass is 303 g/mol. The minimum Gasteiger partial charge on any atom is -0.313 e. The van der Waals surface area contributed by atoms with E-state index in [0.29, 0.717) is 0 Å². The van der Waals surface area contributed by atoms with Gasteiger partial charge in [-0.1, -0.05) is 0 Å². The van der Waals surface area contributed by atoms with Gasteiger partial charge in [-0.25, -0.2) is 9.65 Å². The van der Waals surface area contributed by atoms with Crippen LogP contribution in [0.15, 0.2) is 0 Å². The third kappa shape index (κ3) is 12.2. The molecule has 0 spiro atoms. The van der Waals surface area contributed by atoms with Crippen molar-refractivity contribution in [1.82, 2.24) is 5.09 Å². The van der Waals surface area contributed by atoms with Gasteiger partial charge in [0.05, 0.1) is 0 Å². The molecule has 0 aromatic carbocycles. The smallest absolute Gasteiger partial charge is 0.313 e. The van der Waals surface area contributed by atoms with Crippen LogP contribution in [0.4, 0.5) is 26.3 Å². The fourth-order valence-corrected chi connectivity index (χ4v) is 1.77. The lowest BCUT2D eigenvalue weighted by Gasteiger charge is -2.20. The quantitative estimate of drug-likeness (QED) is 0.521. The second-order valence-electron chi connectivity index (χ2n) is 3.75. The molecular weight excluding hydrogens is 291 g/mol. The summed E-state index contributed by atoms with van der Waals surface area (Å²) in [5.41, 5.74) is 0. The Bertz CT molecular complexity index is 283. The molecule has 0 amide bonds. The highest BCUT2D eigenvalue weighted by atomic mass is 31.2. The standard InChI is InChI=1S/C7H12F6NO3P/c8-6(9,10)3-5(4-7(11,12)13)1-2-14-18(15,16)17/h5H,1-4H2,(H3,14,15,16,17). The number of hydrogen-bond acceptors (Lipinski definition) is 1. The third-order valence-corrected chi connectivity index (χ3v) is 2.55. The predicted molar refractivity (Wildman–Crippen MR) is 49.5 cm³/mol.